The third kappa shape index (κ3) is 3.22. The summed E-state index contributed by atoms with van der Waals surface area (Å²) in [6.45, 7) is 2.09. The van der Waals surface area contributed by atoms with Crippen LogP contribution in [0.15, 0.2) is 12.1 Å². The van der Waals surface area contributed by atoms with Crippen LogP contribution in [0.25, 0.3) is 0 Å². The van der Waals surface area contributed by atoms with Crippen LogP contribution in [0.1, 0.15) is 24.0 Å². The normalized spacial score (nSPS) is 22.8. The van der Waals surface area contributed by atoms with Crippen LogP contribution >= 0.6 is 11.8 Å². The molecule has 3 rings (SSSR count). The lowest BCUT2D eigenvalue weighted by Gasteiger charge is -2.32. The molecule has 1 fully saturated rings. The maximum absolute atomic E-state index is 13.9. The predicted molar refractivity (Wildman–Crippen MR) is 86.8 cm³/mol. The molecule has 2 aliphatic heterocycles. The third-order valence-corrected chi connectivity index (χ3v) is 5.40. The first-order chi connectivity index (χ1) is 10.5. The van der Waals surface area contributed by atoms with Crippen molar-refractivity contribution in [3.63, 3.8) is 0 Å². The van der Waals surface area contributed by atoms with Gasteiger partial charge in [-0.15, -0.1) is 0 Å². The second kappa shape index (κ2) is 6.08. The number of nitrogens with one attached hydrogen (secondary N) is 2. The van der Waals surface area contributed by atoms with E-state index in [-0.39, 0.29) is 18.3 Å². The predicted octanol–water partition coefficient (Wildman–Crippen LogP) is 1.85. The molecule has 0 aliphatic carbocycles. The van der Waals surface area contributed by atoms with Gasteiger partial charge in [0.25, 0.3) is 0 Å². The van der Waals surface area contributed by atoms with Gasteiger partial charge >= 0.3 is 0 Å². The Labute approximate surface area is 133 Å². The number of carbonyl (C=O) groups is 1. The van der Waals surface area contributed by atoms with Gasteiger partial charge in [-0.25, -0.2) is 4.39 Å². The maximum atomic E-state index is 13.9. The Hall–Kier alpha value is -1.27. The lowest BCUT2D eigenvalue weighted by molar-refractivity contribution is -0.123. The molecule has 0 aromatic heterocycles. The zero-order chi connectivity index (χ0) is 15.7. The van der Waals surface area contributed by atoms with Crippen LogP contribution in [-0.2, 0) is 11.2 Å². The molecule has 22 heavy (non-hydrogen) atoms. The van der Waals surface area contributed by atoms with Crippen LogP contribution < -0.4 is 10.6 Å². The molecule has 0 bridgehead atoms. The van der Waals surface area contributed by atoms with Crippen LogP contribution in [0.4, 0.5) is 10.1 Å². The van der Waals surface area contributed by atoms with Crippen molar-refractivity contribution in [1.82, 2.24) is 5.32 Å². The first kappa shape index (κ1) is 15.6. The molecule has 1 amide bonds. The second-order valence-electron chi connectivity index (χ2n) is 6.23. The summed E-state index contributed by atoms with van der Waals surface area (Å²) < 4.78 is 13.9. The average Bonchev–Trinajstić information content (AvgIpc) is 2.90. The van der Waals surface area contributed by atoms with E-state index in [4.69, 9.17) is 0 Å². The molecule has 1 aromatic carbocycles. The summed E-state index contributed by atoms with van der Waals surface area (Å²) in [4.78, 5) is 12.3. The van der Waals surface area contributed by atoms with E-state index in [1.54, 1.807) is 0 Å². The minimum atomic E-state index is -0.797. The fraction of sp³-hybridized carbons (Fsp3) is 0.562. The van der Waals surface area contributed by atoms with E-state index in [1.165, 1.54) is 6.07 Å². The van der Waals surface area contributed by atoms with Gasteiger partial charge in [-0.2, -0.15) is 11.8 Å². The van der Waals surface area contributed by atoms with Crippen molar-refractivity contribution in [2.75, 3.05) is 23.4 Å². The van der Waals surface area contributed by atoms with Crippen LogP contribution in [0.5, 0.6) is 0 Å². The van der Waals surface area contributed by atoms with Crippen LogP contribution in [0, 0.1) is 12.7 Å². The number of fused-ring (bicyclic) bond motifs is 1. The number of aryl methyl sites for hydroxylation is 1. The van der Waals surface area contributed by atoms with E-state index in [9.17, 15) is 14.3 Å². The molecule has 1 atom stereocenters. The largest absolute Gasteiger partial charge is 0.388 e. The smallest absolute Gasteiger partial charge is 0.242 e. The number of thioether (sulfide) groups is 1. The molecular weight excluding hydrogens is 303 g/mol. The van der Waals surface area contributed by atoms with E-state index in [1.807, 2.05) is 24.8 Å². The van der Waals surface area contributed by atoms with Gasteiger partial charge in [0.2, 0.25) is 5.91 Å². The molecule has 1 aromatic rings. The molecule has 6 heteroatoms. The number of rotatable bonds is 3. The number of hydrogen-bond donors (Lipinski definition) is 3. The first-order valence-corrected chi connectivity index (χ1v) is 8.76. The molecule has 1 unspecified atom stereocenters. The van der Waals surface area contributed by atoms with E-state index < -0.39 is 11.6 Å². The average molecular weight is 324 g/mol. The number of anilines is 1. The number of amides is 1. The van der Waals surface area contributed by atoms with Gasteiger partial charge < -0.3 is 15.7 Å². The molecule has 3 N–H and O–H groups in total. The zero-order valence-corrected chi connectivity index (χ0v) is 13.4. The Morgan fingerprint density at radius 2 is 2.23 bits per heavy atom. The highest BCUT2D eigenvalue weighted by molar-refractivity contribution is 7.99. The lowest BCUT2D eigenvalue weighted by Crippen LogP contribution is -2.48. The molecule has 0 radical (unpaired) electrons. The summed E-state index contributed by atoms with van der Waals surface area (Å²) in [5.41, 5.74) is 1.30. The van der Waals surface area contributed by atoms with Crippen molar-refractivity contribution in [1.29, 1.82) is 0 Å². The summed E-state index contributed by atoms with van der Waals surface area (Å²) >= 11 is 1.82. The Morgan fingerprint density at radius 3 is 2.95 bits per heavy atom. The lowest BCUT2D eigenvalue weighted by atomic mass is 9.96. The van der Waals surface area contributed by atoms with E-state index in [2.05, 4.69) is 10.6 Å². The minimum absolute atomic E-state index is 0.181. The van der Waals surface area contributed by atoms with Gasteiger partial charge in [0.05, 0.1) is 5.60 Å². The van der Waals surface area contributed by atoms with Gasteiger partial charge in [-0.05, 0) is 49.0 Å². The second-order valence-corrected chi connectivity index (χ2v) is 7.45. The highest BCUT2D eigenvalue weighted by Gasteiger charge is 2.33. The number of hydrogen-bond acceptors (Lipinski definition) is 4. The number of carbonyl (C=O) groups excluding carboxylic acids is 1. The fourth-order valence-electron chi connectivity index (χ4n) is 3.01. The molecule has 2 aliphatic rings. The number of halogens is 1. The molecule has 0 saturated carbocycles. The maximum Gasteiger partial charge on any atom is 0.242 e. The molecule has 1 saturated heterocycles. The van der Waals surface area contributed by atoms with Gasteiger partial charge in [0.1, 0.15) is 11.9 Å². The quantitative estimate of drug-likeness (QED) is 0.794. The van der Waals surface area contributed by atoms with Gasteiger partial charge in [-0.3, -0.25) is 4.79 Å². The monoisotopic (exact) mass is 324 g/mol. The summed E-state index contributed by atoms with van der Waals surface area (Å²) in [7, 11) is 0. The summed E-state index contributed by atoms with van der Waals surface area (Å²) in [5.74, 6) is 1.40. The van der Waals surface area contributed by atoms with E-state index >= 15 is 0 Å². The van der Waals surface area contributed by atoms with E-state index in [0.29, 0.717) is 30.5 Å². The first-order valence-electron chi connectivity index (χ1n) is 7.60. The zero-order valence-electron chi connectivity index (χ0n) is 12.6. The Kier molecular flexibility index (Phi) is 4.32. The number of aliphatic hydroxyl groups is 1. The molecule has 0 spiro atoms. The summed E-state index contributed by atoms with van der Waals surface area (Å²) in [6.07, 6.45) is 1.75. The number of benzene rings is 1. The fourth-order valence-corrected chi connectivity index (χ4v) is 4.27. The standard InChI is InChI=1S/C16H21FN2O2S/c1-10-6-12(17)11-8-14(19-13(11)7-10)15(20)18-9-16(21)2-4-22-5-3-16/h6-7,14,19,21H,2-5,8-9H2,1H3,(H,18,20). The SMILES string of the molecule is Cc1cc(F)c2c(c1)NC(C(=O)NCC1(O)CCSCC1)C2. The van der Waals surface area contributed by atoms with Gasteiger partial charge in [-0.1, -0.05) is 0 Å². The Bertz CT molecular complexity index is 588. The van der Waals surface area contributed by atoms with Crippen molar-refractivity contribution in [3.05, 3.63) is 29.1 Å². The van der Waals surface area contributed by atoms with Crippen molar-refractivity contribution in [2.45, 2.75) is 37.8 Å². The van der Waals surface area contributed by atoms with Crippen molar-refractivity contribution >= 4 is 23.4 Å². The summed E-state index contributed by atoms with van der Waals surface area (Å²) in [6, 6.07) is 2.88. The van der Waals surface area contributed by atoms with Crippen LogP contribution in [-0.4, -0.2) is 40.7 Å². The highest BCUT2D eigenvalue weighted by atomic mass is 32.2. The van der Waals surface area contributed by atoms with Crippen molar-refractivity contribution < 1.29 is 14.3 Å². The Morgan fingerprint density at radius 1 is 1.50 bits per heavy atom. The van der Waals surface area contributed by atoms with Crippen LogP contribution in [0.2, 0.25) is 0 Å². The van der Waals surface area contributed by atoms with Crippen LogP contribution in [0.3, 0.4) is 0 Å². The molecular formula is C16H21FN2O2S. The van der Waals surface area contributed by atoms with Gasteiger partial charge in [0, 0.05) is 24.2 Å². The third-order valence-electron chi connectivity index (χ3n) is 4.41. The minimum Gasteiger partial charge on any atom is -0.388 e. The van der Waals surface area contributed by atoms with E-state index in [0.717, 1.165) is 17.1 Å². The van der Waals surface area contributed by atoms with Crippen molar-refractivity contribution in [3.8, 4) is 0 Å². The van der Waals surface area contributed by atoms with Gasteiger partial charge in [0.15, 0.2) is 0 Å². The topological polar surface area (TPSA) is 61.4 Å². The summed E-state index contributed by atoms with van der Waals surface area (Å²) in [5, 5.41) is 16.3. The van der Waals surface area contributed by atoms with Crippen molar-refractivity contribution in [2.24, 2.45) is 0 Å². The molecule has 4 nitrogen and oxygen atoms in total. The Balaban J connectivity index is 1.59. The molecule has 120 valence electrons. The highest BCUT2D eigenvalue weighted by Crippen LogP contribution is 2.30. The molecule has 2 heterocycles.